The molecule has 0 radical (unpaired) electrons. The summed E-state index contributed by atoms with van der Waals surface area (Å²) >= 11 is 0. The van der Waals surface area contributed by atoms with Crippen LogP contribution in [0.4, 0.5) is 0 Å². The summed E-state index contributed by atoms with van der Waals surface area (Å²) in [5, 5.41) is 0. The summed E-state index contributed by atoms with van der Waals surface area (Å²) in [7, 11) is 0. The van der Waals surface area contributed by atoms with E-state index < -0.39 is 46.1 Å². The summed E-state index contributed by atoms with van der Waals surface area (Å²) in [6.45, 7) is 6.27. The normalized spacial score (nSPS) is 10.3. The van der Waals surface area contributed by atoms with Gasteiger partial charge in [-0.15, -0.1) is 0 Å². The molecule has 0 spiro atoms. The molecular formula is C18H22O12. The van der Waals surface area contributed by atoms with E-state index in [1.165, 1.54) is 0 Å². The second-order valence-corrected chi connectivity index (χ2v) is 5.05. The van der Waals surface area contributed by atoms with Gasteiger partial charge in [-0.05, 0) is 39.8 Å². The highest BCUT2D eigenvalue weighted by Gasteiger charge is 2.30. The van der Waals surface area contributed by atoms with E-state index in [0.29, 0.717) is 0 Å². The van der Waals surface area contributed by atoms with E-state index in [4.69, 9.17) is 0 Å². The lowest BCUT2D eigenvalue weighted by molar-refractivity contribution is -0.239. The van der Waals surface area contributed by atoms with Crippen LogP contribution in [0, 0.1) is 0 Å². The van der Waals surface area contributed by atoms with Crippen molar-refractivity contribution in [3.05, 3.63) is 34.4 Å². The molecule has 0 aliphatic rings. The summed E-state index contributed by atoms with van der Waals surface area (Å²) in [5.74, 6) is -4.57. The first-order valence-electron chi connectivity index (χ1n) is 8.94. The van der Waals surface area contributed by atoms with Gasteiger partial charge in [-0.2, -0.15) is 19.6 Å². The zero-order valence-corrected chi connectivity index (χ0v) is 16.9. The quantitative estimate of drug-likeness (QED) is 0.354. The number of carbonyl (C=O) groups is 4. The van der Waals surface area contributed by atoms with Gasteiger partial charge in [0.15, 0.2) is 0 Å². The van der Waals surface area contributed by atoms with Gasteiger partial charge in [0.05, 0.1) is 48.7 Å². The van der Waals surface area contributed by atoms with Crippen LogP contribution in [0.1, 0.15) is 69.1 Å². The summed E-state index contributed by atoms with van der Waals surface area (Å²) in [5.41, 5.74) is -1.87. The van der Waals surface area contributed by atoms with Crippen LogP contribution in [0.25, 0.3) is 0 Å². The fourth-order valence-electron chi connectivity index (χ4n) is 1.90. The minimum absolute atomic E-state index is 0.0163. The maximum atomic E-state index is 12.3. The largest absolute Gasteiger partial charge is 0.373 e. The highest BCUT2D eigenvalue weighted by molar-refractivity contribution is 6.10. The summed E-state index contributed by atoms with van der Waals surface area (Å²) in [4.78, 5) is 85.8. The highest BCUT2D eigenvalue weighted by atomic mass is 17.2. The second kappa shape index (κ2) is 13.2. The minimum Gasteiger partial charge on any atom is -0.293 e. The lowest BCUT2D eigenvalue weighted by Crippen LogP contribution is -2.21. The van der Waals surface area contributed by atoms with Gasteiger partial charge in [0, 0.05) is 0 Å². The highest BCUT2D eigenvalue weighted by Crippen LogP contribution is 2.22. The fraction of sp³-hybridized carbons (Fsp3) is 0.444. The Kier molecular flexibility index (Phi) is 11.0. The molecule has 0 saturated carbocycles. The zero-order valence-electron chi connectivity index (χ0n) is 16.9. The predicted molar refractivity (Wildman–Crippen MR) is 94.6 cm³/mol. The number of carbonyl (C=O) groups excluding carboxylic acids is 4. The lowest BCUT2D eigenvalue weighted by Gasteiger charge is -2.13. The first-order valence-corrected chi connectivity index (χ1v) is 8.94. The Morgan fingerprint density at radius 1 is 0.500 bits per heavy atom. The van der Waals surface area contributed by atoms with Crippen molar-refractivity contribution in [2.45, 2.75) is 27.7 Å². The molecule has 0 aromatic heterocycles. The van der Waals surface area contributed by atoms with Crippen molar-refractivity contribution in [3.8, 4) is 0 Å². The van der Waals surface area contributed by atoms with Crippen LogP contribution >= 0.6 is 0 Å². The molecule has 0 unspecified atom stereocenters. The molecule has 0 aliphatic carbocycles. The molecule has 0 saturated heterocycles. The average Bonchev–Trinajstić information content (AvgIpc) is 2.76. The molecule has 0 atom stereocenters. The van der Waals surface area contributed by atoms with Crippen LogP contribution in [-0.2, 0) is 39.1 Å². The fourth-order valence-corrected chi connectivity index (χ4v) is 1.90. The first-order chi connectivity index (χ1) is 14.4. The van der Waals surface area contributed by atoms with Gasteiger partial charge in [0.1, 0.15) is 0 Å². The molecular weight excluding hydrogens is 408 g/mol. The van der Waals surface area contributed by atoms with Crippen molar-refractivity contribution >= 4 is 23.9 Å². The standard InChI is InChI=1S/C18H22O12/c1-5-23-27-15(19)11-9-13(17(21)29-25-7-3)14(18(22)30-26-8-4)10-12(11)16(20)28-24-6-2/h9-10H,5-8H2,1-4H3. The van der Waals surface area contributed by atoms with Crippen molar-refractivity contribution in [2.75, 3.05) is 26.4 Å². The van der Waals surface area contributed by atoms with E-state index in [1.54, 1.807) is 27.7 Å². The van der Waals surface area contributed by atoms with E-state index in [1.807, 2.05) is 0 Å². The van der Waals surface area contributed by atoms with Gasteiger partial charge >= 0.3 is 23.9 Å². The van der Waals surface area contributed by atoms with Crippen LogP contribution in [0.5, 0.6) is 0 Å². The molecule has 0 bridgehead atoms. The van der Waals surface area contributed by atoms with Crippen molar-refractivity contribution in [1.29, 1.82) is 0 Å². The van der Waals surface area contributed by atoms with Crippen molar-refractivity contribution < 1.29 is 58.3 Å². The molecule has 0 amide bonds. The summed E-state index contributed by atoms with van der Waals surface area (Å²) in [6, 6.07) is 1.74. The SMILES string of the molecule is CCOOC(=O)c1cc(C(=O)OOCC)c(C(=O)OOCC)cc1C(=O)OOCC. The second-order valence-electron chi connectivity index (χ2n) is 5.05. The van der Waals surface area contributed by atoms with E-state index in [0.717, 1.165) is 12.1 Å². The molecule has 1 rings (SSSR count). The van der Waals surface area contributed by atoms with Crippen LogP contribution in [0.15, 0.2) is 12.1 Å². The Labute approximate surface area is 171 Å². The minimum atomic E-state index is -1.14. The zero-order chi connectivity index (χ0) is 22.5. The Morgan fingerprint density at radius 2 is 0.700 bits per heavy atom. The van der Waals surface area contributed by atoms with Gasteiger partial charge in [0.2, 0.25) is 0 Å². The Hall–Kier alpha value is -3.06. The Bertz CT molecular complexity index is 636. The molecule has 166 valence electrons. The van der Waals surface area contributed by atoms with E-state index >= 15 is 0 Å². The van der Waals surface area contributed by atoms with Crippen molar-refractivity contribution in [2.24, 2.45) is 0 Å². The molecule has 0 fully saturated rings. The molecule has 1 aromatic carbocycles. The molecule has 30 heavy (non-hydrogen) atoms. The van der Waals surface area contributed by atoms with Crippen LogP contribution in [0.2, 0.25) is 0 Å². The van der Waals surface area contributed by atoms with E-state index in [9.17, 15) is 19.2 Å². The van der Waals surface area contributed by atoms with E-state index in [2.05, 4.69) is 39.1 Å². The molecule has 0 N–H and O–H groups in total. The van der Waals surface area contributed by atoms with Crippen LogP contribution < -0.4 is 0 Å². The number of hydrogen-bond donors (Lipinski definition) is 0. The number of benzene rings is 1. The van der Waals surface area contributed by atoms with Gasteiger partial charge in [-0.3, -0.25) is 19.6 Å². The molecule has 12 nitrogen and oxygen atoms in total. The third-order valence-electron chi connectivity index (χ3n) is 3.05. The monoisotopic (exact) mass is 430 g/mol. The third-order valence-corrected chi connectivity index (χ3v) is 3.05. The van der Waals surface area contributed by atoms with Gasteiger partial charge in [0.25, 0.3) is 0 Å². The van der Waals surface area contributed by atoms with Crippen molar-refractivity contribution in [1.82, 2.24) is 0 Å². The van der Waals surface area contributed by atoms with Gasteiger partial charge in [-0.25, -0.2) is 19.2 Å². The summed E-state index contributed by atoms with van der Waals surface area (Å²) < 4.78 is 0. The van der Waals surface area contributed by atoms with Gasteiger partial charge < -0.3 is 0 Å². The maximum Gasteiger partial charge on any atom is 0.373 e. The average molecular weight is 430 g/mol. The molecule has 0 aliphatic heterocycles. The lowest BCUT2D eigenvalue weighted by atomic mass is 9.98. The smallest absolute Gasteiger partial charge is 0.293 e. The predicted octanol–water partition coefficient (Wildman–Crippen LogP) is 2.12. The topological polar surface area (TPSA) is 142 Å². The number of hydrogen-bond acceptors (Lipinski definition) is 12. The Balaban J connectivity index is 3.54. The molecule has 1 aromatic rings. The van der Waals surface area contributed by atoms with Gasteiger partial charge in [-0.1, -0.05) is 0 Å². The van der Waals surface area contributed by atoms with Crippen LogP contribution in [0.3, 0.4) is 0 Å². The third kappa shape index (κ3) is 7.08. The number of rotatable bonds is 12. The first kappa shape index (κ1) is 25.0. The molecule has 0 heterocycles. The molecule has 12 heteroatoms. The van der Waals surface area contributed by atoms with Crippen molar-refractivity contribution in [3.63, 3.8) is 0 Å². The van der Waals surface area contributed by atoms with E-state index in [-0.39, 0.29) is 26.4 Å². The Morgan fingerprint density at radius 3 is 0.867 bits per heavy atom. The van der Waals surface area contributed by atoms with Crippen LogP contribution in [-0.4, -0.2) is 50.3 Å². The maximum absolute atomic E-state index is 12.3. The summed E-state index contributed by atoms with van der Waals surface area (Å²) in [6.07, 6.45) is 0.